The van der Waals surface area contributed by atoms with Crippen molar-refractivity contribution in [3.05, 3.63) is 23.2 Å². The van der Waals surface area contributed by atoms with Crippen molar-refractivity contribution >= 4 is 34.4 Å². The minimum atomic E-state index is -5.04. The van der Waals surface area contributed by atoms with E-state index in [-0.39, 0.29) is 35.3 Å². The predicted molar refractivity (Wildman–Crippen MR) is 114 cm³/mol. The Labute approximate surface area is 190 Å². The fourth-order valence-corrected chi connectivity index (χ4v) is 5.02. The molecule has 0 saturated carbocycles. The van der Waals surface area contributed by atoms with Crippen molar-refractivity contribution in [2.75, 3.05) is 31.1 Å². The third-order valence-electron chi connectivity index (χ3n) is 5.79. The number of hydrogen-bond acceptors (Lipinski definition) is 9. The molecule has 3 aromatic rings. The number of carbonyl (C=O) groups is 1. The van der Waals surface area contributed by atoms with Crippen LogP contribution in [0.5, 0.6) is 5.75 Å². The van der Waals surface area contributed by atoms with E-state index in [2.05, 4.69) is 20.0 Å². The molecule has 8 nitrogen and oxygen atoms in total. The Kier molecular flexibility index (Phi) is 5.65. The molecule has 2 aromatic heterocycles. The van der Waals surface area contributed by atoms with Gasteiger partial charge in [0.05, 0.1) is 12.2 Å². The van der Waals surface area contributed by atoms with Crippen LogP contribution in [0.4, 0.5) is 19.2 Å². The second-order valence-electron chi connectivity index (χ2n) is 8.03. The zero-order valence-corrected chi connectivity index (χ0v) is 18.5. The summed E-state index contributed by atoms with van der Waals surface area (Å²) in [6.07, 6.45) is -1.40. The third-order valence-corrected chi connectivity index (χ3v) is 6.60. The molecule has 2 bridgehead atoms. The van der Waals surface area contributed by atoms with Gasteiger partial charge in [-0.1, -0.05) is 0 Å². The maximum Gasteiger partial charge on any atom is 0.573 e. The second kappa shape index (κ2) is 8.49. The number of halogens is 3. The first-order valence-electron chi connectivity index (χ1n) is 10.6. The van der Waals surface area contributed by atoms with Crippen LogP contribution in [0.1, 0.15) is 30.1 Å². The zero-order valence-electron chi connectivity index (χ0n) is 17.6. The highest BCUT2D eigenvalue weighted by Gasteiger charge is 2.38. The maximum atomic E-state index is 13.3. The first-order valence-corrected chi connectivity index (χ1v) is 11.5. The number of fused-ring (bicyclic) bond motifs is 5. The highest BCUT2D eigenvalue weighted by molar-refractivity contribution is 7.13. The number of thiazole rings is 1. The number of rotatable bonds is 5. The smallest absolute Gasteiger partial charge is 0.462 e. The summed E-state index contributed by atoms with van der Waals surface area (Å²) in [6.45, 7) is 3.72. The fraction of sp³-hybridized carbons (Fsp3) is 0.476. The van der Waals surface area contributed by atoms with Gasteiger partial charge in [-0.3, -0.25) is 0 Å². The first kappa shape index (κ1) is 22.0. The number of nitrogens with one attached hydrogen (secondary N) is 1. The van der Waals surface area contributed by atoms with Crippen molar-refractivity contribution < 1.29 is 31.9 Å². The van der Waals surface area contributed by atoms with Gasteiger partial charge < -0.3 is 24.1 Å². The van der Waals surface area contributed by atoms with E-state index in [1.807, 2.05) is 4.90 Å². The van der Waals surface area contributed by atoms with Gasteiger partial charge in [-0.2, -0.15) is 4.98 Å². The number of carbonyl (C=O) groups excluding carboxylic acids is 1. The van der Waals surface area contributed by atoms with E-state index in [0.29, 0.717) is 29.6 Å². The molecule has 2 atom stereocenters. The molecule has 1 aromatic carbocycles. The lowest BCUT2D eigenvalue weighted by atomic mass is 9.97. The van der Waals surface area contributed by atoms with Crippen LogP contribution in [0.25, 0.3) is 21.7 Å². The average molecular weight is 482 g/mol. The number of aromatic nitrogens is 2. The first-order chi connectivity index (χ1) is 15.8. The molecule has 176 valence electrons. The number of esters is 1. The molecule has 5 heterocycles. The Morgan fingerprint density at radius 3 is 2.88 bits per heavy atom. The Hall–Kier alpha value is -2.86. The van der Waals surface area contributed by atoms with Crippen molar-refractivity contribution in [2.24, 2.45) is 5.92 Å². The van der Waals surface area contributed by atoms with Crippen molar-refractivity contribution in [1.29, 1.82) is 0 Å². The monoisotopic (exact) mass is 482 g/mol. The molecule has 0 spiro atoms. The number of alkyl halides is 3. The lowest BCUT2D eigenvalue weighted by molar-refractivity contribution is -0.274. The Bertz CT molecular complexity index is 1140. The summed E-state index contributed by atoms with van der Waals surface area (Å²) in [4.78, 5) is 23.2. The number of hydrogen-bond donors (Lipinski definition) is 1. The van der Waals surface area contributed by atoms with Gasteiger partial charge in [0.25, 0.3) is 6.01 Å². The van der Waals surface area contributed by atoms with Gasteiger partial charge in [-0.15, -0.1) is 24.5 Å². The quantitative estimate of drug-likeness (QED) is 0.541. The molecule has 0 radical (unpaired) electrons. The number of piperidine rings is 1. The van der Waals surface area contributed by atoms with Crippen molar-refractivity contribution in [2.45, 2.75) is 32.2 Å². The van der Waals surface area contributed by atoms with Gasteiger partial charge in [-0.25, -0.2) is 9.78 Å². The molecule has 3 saturated heterocycles. The molecule has 0 aliphatic carbocycles. The normalized spacial score (nSPS) is 20.8. The summed E-state index contributed by atoms with van der Waals surface area (Å²) in [6, 6.07) is 1.71. The van der Waals surface area contributed by atoms with Gasteiger partial charge in [0, 0.05) is 30.7 Å². The van der Waals surface area contributed by atoms with E-state index in [9.17, 15) is 18.0 Å². The zero-order chi connectivity index (χ0) is 23.2. The van der Waals surface area contributed by atoms with Gasteiger partial charge in [-0.05, 0) is 38.3 Å². The molecule has 12 heteroatoms. The van der Waals surface area contributed by atoms with E-state index in [4.69, 9.17) is 9.15 Å². The second-order valence-corrected chi connectivity index (χ2v) is 8.93. The number of nitrogens with zero attached hydrogens (tertiary/aromatic N) is 3. The van der Waals surface area contributed by atoms with Gasteiger partial charge in [0.1, 0.15) is 10.6 Å². The average Bonchev–Trinajstić information content (AvgIpc) is 3.36. The number of ether oxygens (including phenoxy) is 2. The summed E-state index contributed by atoms with van der Waals surface area (Å²) in [5.41, 5.74) is -0.143. The minimum Gasteiger partial charge on any atom is -0.462 e. The summed E-state index contributed by atoms with van der Waals surface area (Å²) >= 11 is 1.26. The predicted octanol–water partition coefficient (Wildman–Crippen LogP) is 4.21. The van der Waals surface area contributed by atoms with E-state index in [1.165, 1.54) is 17.4 Å². The van der Waals surface area contributed by atoms with Crippen LogP contribution in [-0.2, 0) is 4.74 Å². The molecule has 6 rings (SSSR count). The highest BCUT2D eigenvalue weighted by atomic mass is 32.1. The molecule has 2 unspecified atom stereocenters. The third kappa shape index (κ3) is 4.36. The molecular weight excluding hydrogens is 461 g/mol. The topological polar surface area (TPSA) is 89.7 Å². The Morgan fingerprint density at radius 1 is 1.36 bits per heavy atom. The maximum absolute atomic E-state index is 13.3. The minimum absolute atomic E-state index is 0.0114. The van der Waals surface area contributed by atoms with E-state index in [1.54, 1.807) is 18.5 Å². The van der Waals surface area contributed by atoms with Crippen LogP contribution in [-0.4, -0.2) is 54.6 Å². The number of anilines is 1. The number of oxazole rings is 1. The van der Waals surface area contributed by atoms with Crippen molar-refractivity contribution in [1.82, 2.24) is 15.3 Å². The SMILES string of the molecule is CCOC(=O)c1cc(-c2nccs2)c2oc(N3CC4CCC(C3)NC4)nc2c1OC(F)(F)F. The van der Waals surface area contributed by atoms with Crippen LogP contribution in [0.15, 0.2) is 22.1 Å². The van der Waals surface area contributed by atoms with E-state index >= 15 is 0 Å². The van der Waals surface area contributed by atoms with Gasteiger partial charge >= 0.3 is 12.3 Å². The summed E-state index contributed by atoms with van der Waals surface area (Å²) in [7, 11) is 0. The summed E-state index contributed by atoms with van der Waals surface area (Å²) < 4.78 is 55.4. The van der Waals surface area contributed by atoms with E-state index < -0.39 is 18.1 Å². The van der Waals surface area contributed by atoms with Crippen LogP contribution in [0.3, 0.4) is 0 Å². The molecule has 33 heavy (non-hydrogen) atoms. The van der Waals surface area contributed by atoms with Gasteiger partial charge in [0.2, 0.25) is 0 Å². The van der Waals surface area contributed by atoms with Crippen molar-refractivity contribution in [3.8, 4) is 16.3 Å². The summed E-state index contributed by atoms with van der Waals surface area (Å²) in [5.74, 6) is -1.29. The molecule has 3 aliphatic rings. The molecular formula is C21H21F3N4O4S. The Balaban J connectivity index is 1.70. The highest BCUT2D eigenvalue weighted by Crippen LogP contribution is 2.42. The fourth-order valence-electron chi connectivity index (χ4n) is 4.37. The van der Waals surface area contributed by atoms with E-state index in [0.717, 1.165) is 19.4 Å². The molecule has 3 aliphatic heterocycles. The van der Waals surface area contributed by atoms with Crippen molar-refractivity contribution in [3.63, 3.8) is 0 Å². The molecule has 1 N–H and O–H groups in total. The summed E-state index contributed by atoms with van der Waals surface area (Å²) in [5, 5.41) is 5.67. The molecule has 3 fully saturated rings. The lowest BCUT2D eigenvalue weighted by Crippen LogP contribution is -2.39. The largest absolute Gasteiger partial charge is 0.573 e. The Morgan fingerprint density at radius 2 is 2.21 bits per heavy atom. The van der Waals surface area contributed by atoms with Gasteiger partial charge in [0.15, 0.2) is 16.8 Å². The van der Waals surface area contributed by atoms with Crippen LogP contribution in [0.2, 0.25) is 0 Å². The van der Waals surface area contributed by atoms with Crippen LogP contribution < -0.4 is 15.0 Å². The lowest BCUT2D eigenvalue weighted by Gasteiger charge is -2.22. The molecule has 0 amide bonds. The number of benzene rings is 1. The van der Waals surface area contributed by atoms with Crippen LogP contribution >= 0.6 is 11.3 Å². The standard InChI is InChI=1S/C21H21F3N4O4S/c1-2-30-19(29)14-7-13(18-25-5-6-33-18)16-15(17(14)32-21(22,23)24)27-20(31-16)28-9-11-3-4-12(10-28)26-8-11/h5-7,11-12,26H,2-4,8-10H2,1H3. The van der Waals surface area contributed by atoms with Crippen LogP contribution in [0, 0.1) is 5.92 Å².